The standard InChI is InChI=1S/C17H20FNO2/c18-12-5-6-13-10(8-12)4-7-15(13)19-9-11-2-1-3-14(11)16(19)17(20)21/h5-6,8,11,14-16H,1-4,7,9H2,(H,20,21). The summed E-state index contributed by atoms with van der Waals surface area (Å²) >= 11 is 0. The molecule has 0 amide bonds. The number of hydrogen-bond donors (Lipinski definition) is 1. The van der Waals surface area contributed by atoms with Crippen molar-refractivity contribution in [3.63, 3.8) is 0 Å². The average Bonchev–Trinajstić information content (AvgIpc) is 3.08. The Labute approximate surface area is 123 Å². The van der Waals surface area contributed by atoms with Crippen molar-refractivity contribution in [1.29, 1.82) is 0 Å². The normalized spacial score (nSPS) is 34.9. The first kappa shape index (κ1) is 13.3. The lowest BCUT2D eigenvalue weighted by atomic mass is 9.94. The summed E-state index contributed by atoms with van der Waals surface area (Å²) in [6, 6.07) is 4.78. The van der Waals surface area contributed by atoms with Gasteiger partial charge in [0, 0.05) is 12.6 Å². The molecule has 4 rings (SSSR count). The number of carboxylic acid groups (broad SMARTS) is 1. The number of halogens is 1. The van der Waals surface area contributed by atoms with E-state index < -0.39 is 5.97 Å². The van der Waals surface area contributed by atoms with E-state index >= 15 is 0 Å². The van der Waals surface area contributed by atoms with Crippen molar-refractivity contribution in [2.24, 2.45) is 11.8 Å². The van der Waals surface area contributed by atoms with Crippen LogP contribution in [0.4, 0.5) is 4.39 Å². The number of hydrogen-bond acceptors (Lipinski definition) is 2. The summed E-state index contributed by atoms with van der Waals surface area (Å²) in [6.07, 6.45) is 5.15. The molecule has 1 heterocycles. The highest BCUT2D eigenvalue weighted by atomic mass is 19.1. The Bertz CT molecular complexity index is 588. The summed E-state index contributed by atoms with van der Waals surface area (Å²) in [5.74, 6) is -0.0231. The van der Waals surface area contributed by atoms with Crippen LogP contribution in [-0.2, 0) is 11.2 Å². The third-order valence-electron chi connectivity index (χ3n) is 5.73. The number of likely N-dealkylation sites (tertiary alicyclic amines) is 1. The van der Waals surface area contributed by atoms with Gasteiger partial charge in [-0.3, -0.25) is 9.69 Å². The summed E-state index contributed by atoms with van der Waals surface area (Å²) < 4.78 is 13.4. The maximum absolute atomic E-state index is 13.4. The first-order valence-electron chi connectivity index (χ1n) is 7.92. The lowest BCUT2D eigenvalue weighted by molar-refractivity contribution is -0.144. The number of aliphatic carboxylic acids is 1. The minimum absolute atomic E-state index is 0.160. The molecule has 4 unspecified atom stereocenters. The summed E-state index contributed by atoms with van der Waals surface area (Å²) in [6.45, 7) is 0.892. The van der Waals surface area contributed by atoms with E-state index in [1.54, 1.807) is 6.07 Å². The Morgan fingerprint density at radius 1 is 1.29 bits per heavy atom. The van der Waals surface area contributed by atoms with Gasteiger partial charge in [-0.25, -0.2) is 4.39 Å². The fourth-order valence-electron chi connectivity index (χ4n) is 4.89. The Morgan fingerprint density at radius 3 is 2.95 bits per heavy atom. The molecule has 1 aliphatic heterocycles. The fourth-order valence-corrected chi connectivity index (χ4v) is 4.89. The first-order chi connectivity index (χ1) is 10.1. The number of rotatable bonds is 2. The van der Waals surface area contributed by atoms with Crippen LogP contribution in [0.25, 0.3) is 0 Å². The van der Waals surface area contributed by atoms with Gasteiger partial charge in [0.2, 0.25) is 0 Å². The van der Waals surface area contributed by atoms with Crippen LogP contribution in [0, 0.1) is 17.7 Å². The second-order valence-corrected chi connectivity index (χ2v) is 6.73. The van der Waals surface area contributed by atoms with E-state index in [9.17, 15) is 14.3 Å². The zero-order valence-corrected chi connectivity index (χ0v) is 12.0. The van der Waals surface area contributed by atoms with E-state index in [4.69, 9.17) is 0 Å². The van der Waals surface area contributed by atoms with Crippen molar-refractivity contribution in [3.8, 4) is 0 Å². The highest BCUT2D eigenvalue weighted by molar-refractivity contribution is 5.74. The molecule has 2 fully saturated rings. The van der Waals surface area contributed by atoms with Gasteiger partial charge in [-0.15, -0.1) is 0 Å². The average molecular weight is 289 g/mol. The van der Waals surface area contributed by atoms with E-state index in [1.807, 2.05) is 6.07 Å². The van der Waals surface area contributed by atoms with Crippen LogP contribution >= 0.6 is 0 Å². The molecule has 0 aromatic heterocycles. The molecule has 0 bridgehead atoms. The van der Waals surface area contributed by atoms with Gasteiger partial charge < -0.3 is 5.11 Å². The van der Waals surface area contributed by atoms with Gasteiger partial charge in [0.05, 0.1) is 0 Å². The number of benzene rings is 1. The van der Waals surface area contributed by atoms with Crippen LogP contribution in [0.15, 0.2) is 18.2 Å². The van der Waals surface area contributed by atoms with Crippen LogP contribution in [0.5, 0.6) is 0 Å². The molecule has 0 spiro atoms. The van der Waals surface area contributed by atoms with Gasteiger partial charge in [-0.1, -0.05) is 12.5 Å². The van der Waals surface area contributed by atoms with Crippen LogP contribution in [0.3, 0.4) is 0 Å². The highest BCUT2D eigenvalue weighted by Gasteiger charge is 2.50. The SMILES string of the molecule is O=C(O)C1C2CCCC2CN1C1CCc2cc(F)ccc21. The van der Waals surface area contributed by atoms with E-state index in [0.717, 1.165) is 43.4 Å². The summed E-state index contributed by atoms with van der Waals surface area (Å²) in [4.78, 5) is 14.0. The maximum Gasteiger partial charge on any atom is 0.321 e. The minimum atomic E-state index is -0.681. The Hall–Kier alpha value is -1.42. The third kappa shape index (κ3) is 2.00. The highest BCUT2D eigenvalue weighted by Crippen LogP contribution is 2.48. The number of fused-ring (bicyclic) bond motifs is 2. The van der Waals surface area contributed by atoms with Crippen LogP contribution < -0.4 is 0 Å². The summed E-state index contributed by atoms with van der Waals surface area (Å²) in [7, 11) is 0. The molecule has 112 valence electrons. The Kier molecular flexibility index (Phi) is 3.03. The summed E-state index contributed by atoms with van der Waals surface area (Å²) in [5.41, 5.74) is 2.20. The second kappa shape index (κ2) is 4.80. The lowest BCUT2D eigenvalue weighted by Gasteiger charge is -2.30. The second-order valence-electron chi connectivity index (χ2n) is 6.73. The fraction of sp³-hybridized carbons (Fsp3) is 0.588. The molecule has 2 aliphatic carbocycles. The van der Waals surface area contributed by atoms with Gasteiger partial charge in [0.15, 0.2) is 0 Å². The zero-order chi connectivity index (χ0) is 14.6. The monoisotopic (exact) mass is 289 g/mol. The molecule has 3 aliphatic rings. The van der Waals surface area contributed by atoms with Gasteiger partial charge in [-0.05, 0) is 60.8 Å². The Balaban J connectivity index is 1.67. The predicted molar refractivity (Wildman–Crippen MR) is 76.4 cm³/mol. The van der Waals surface area contributed by atoms with Crippen molar-refractivity contribution in [2.75, 3.05) is 6.54 Å². The molecular weight excluding hydrogens is 269 g/mol. The molecule has 1 saturated heterocycles. The quantitative estimate of drug-likeness (QED) is 0.910. The number of carboxylic acids is 1. The molecule has 1 aromatic carbocycles. The van der Waals surface area contributed by atoms with Crippen molar-refractivity contribution in [2.45, 2.75) is 44.2 Å². The Morgan fingerprint density at radius 2 is 2.14 bits per heavy atom. The first-order valence-corrected chi connectivity index (χ1v) is 7.92. The van der Waals surface area contributed by atoms with E-state index in [0.29, 0.717) is 11.8 Å². The third-order valence-corrected chi connectivity index (χ3v) is 5.73. The minimum Gasteiger partial charge on any atom is -0.480 e. The van der Waals surface area contributed by atoms with Crippen LogP contribution in [0.1, 0.15) is 42.9 Å². The van der Waals surface area contributed by atoms with Crippen LogP contribution in [-0.4, -0.2) is 28.6 Å². The summed E-state index contributed by atoms with van der Waals surface area (Å²) in [5, 5.41) is 9.68. The molecular formula is C17H20FNO2. The smallest absolute Gasteiger partial charge is 0.321 e. The zero-order valence-electron chi connectivity index (χ0n) is 12.0. The van der Waals surface area contributed by atoms with Gasteiger partial charge >= 0.3 is 5.97 Å². The molecule has 1 aromatic rings. The molecule has 4 atom stereocenters. The van der Waals surface area contributed by atoms with E-state index in [1.165, 1.54) is 12.5 Å². The lowest BCUT2D eigenvalue weighted by Crippen LogP contribution is -2.41. The van der Waals surface area contributed by atoms with Crippen LogP contribution in [0.2, 0.25) is 0 Å². The number of carbonyl (C=O) groups is 1. The van der Waals surface area contributed by atoms with Gasteiger partial charge in [-0.2, -0.15) is 0 Å². The van der Waals surface area contributed by atoms with Crippen molar-refractivity contribution >= 4 is 5.97 Å². The van der Waals surface area contributed by atoms with Crippen molar-refractivity contribution in [1.82, 2.24) is 4.90 Å². The van der Waals surface area contributed by atoms with Gasteiger partial charge in [0.25, 0.3) is 0 Å². The largest absolute Gasteiger partial charge is 0.480 e. The van der Waals surface area contributed by atoms with Gasteiger partial charge in [0.1, 0.15) is 11.9 Å². The number of nitrogens with zero attached hydrogens (tertiary/aromatic N) is 1. The van der Waals surface area contributed by atoms with Crippen molar-refractivity contribution < 1.29 is 14.3 Å². The molecule has 4 heteroatoms. The molecule has 21 heavy (non-hydrogen) atoms. The maximum atomic E-state index is 13.4. The number of aryl methyl sites for hydroxylation is 1. The molecule has 3 nitrogen and oxygen atoms in total. The molecule has 1 N–H and O–H groups in total. The van der Waals surface area contributed by atoms with E-state index in [-0.39, 0.29) is 17.9 Å². The topological polar surface area (TPSA) is 40.5 Å². The van der Waals surface area contributed by atoms with E-state index in [2.05, 4.69) is 4.90 Å². The predicted octanol–water partition coefficient (Wildman–Crippen LogP) is 3.00. The molecule has 0 radical (unpaired) electrons. The molecule has 1 saturated carbocycles. The van der Waals surface area contributed by atoms with Crippen molar-refractivity contribution in [3.05, 3.63) is 35.1 Å².